The van der Waals surface area contributed by atoms with Gasteiger partial charge in [-0.25, -0.2) is 23.5 Å². The van der Waals surface area contributed by atoms with E-state index in [1.54, 1.807) is 30.5 Å². The van der Waals surface area contributed by atoms with E-state index in [0.717, 1.165) is 16.8 Å². The molecule has 0 aliphatic rings. The summed E-state index contributed by atoms with van der Waals surface area (Å²) in [5, 5.41) is 16.9. The Morgan fingerprint density at radius 2 is 1.74 bits per heavy atom. The first-order chi connectivity index (χ1) is 13.0. The lowest BCUT2D eigenvalue weighted by Crippen LogP contribution is -2.11. The highest BCUT2D eigenvalue weighted by molar-refractivity contribution is 7.89. The van der Waals surface area contributed by atoms with Crippen molar-refractivity contribution in [2.75, 3.05) is 11.9 Å². The van der Waals surface area contributed by atoms with Crippen LogP contribution in [0.2, 0.25) is 0 Å². The number of hydrogen-bond donors (Lipinski definition) is 3. The molecule has 0 fully saturated rings. The van der Waals surface area contributed by atoms with Crippen LogP contribution in [0.25, 0.3) is 17.3 Å². The molecule has 3 aromatic rings. The van der Waals surface area contributed by atoms with Crippen molar-refractivity contribution in [3.05, 3.63) is 72.4 Å². The zero-order valence-electron chi connectivity index (χ0n) is 14.3. The fourth-order valence-corrected chi connectivity index (χ4v) is 2.91. The predicted molar refractivity (Wildman–Crippen MR) is 105 cm³/mol. The Hall–Kier alpha value is -3.07. The summed E-state index contributed by atoms with van der Waals surface area (Å²) in [7, 11) is -3.72. The summed E-state index contributed by atoms with van der Waals surface area (Å²) in [4.78, 5) is 8.70. The van der Waals surface area contributed by atoms with Crippen molar-refractivity contribution in [1.82, 2.24) is 9.97 Å². The first-order valence-corrected chi connectivity index (χ1v) is 9.61. The van der Waals surface area contributed by atoms with E-state index in [1.807, 2.05) is 30.3 Å². The molecule has 1 aromatic heterocycles. The third-order valence-electron chi connectivity index (χ3n) is 3.72. The smallest absolute Gasteiger partial charge is 0.238 e. The normalized spacial score (nSPS) is 11.6. The lowest BCUT2D eigenvalue weighted by molar-refractivity contribution is 0.343. The number of anilines is 2. The van der Waals surface area contributed by atoms with Gasteiger partial charge < -0.3 is 10.4 Å². The van der Waals surface area contributed by atoms with Crippen LogP contribution in [0.5, 0.6) is 0 Å². The Kier molecular flexibility index (Phi) is 5.60. The van der Waals surface area contributed by atoms with Gasteiger partial charge in [-0.3, -0.25) is 0 Å². The van der Waals surface area contributed by atoms with Crippen LogP contribution in [0.1, 0.15) is 5.56 Å². The van der Waals surface area contributed by atoms with Crippen molar-refractivity contribution < 1.29 is 13.5 Å². The average molecular weight is 382 g/mol. The summed E-state index contributed by atoms with van der Waals surface area (Å²) in [5.41, 5.74) is 3.29. The fourth-order valence-electron chi connectivity index (χ4n) is 2.39. The molecule has 0 radical (unpaired) electrons. The third-order valence-corrected chi connectivity index (χ3v) is 4.65. The number of aliphatic hydroxyl groups is 1. The number of nitrogens with zero attached hydrogens (tertiary/aromatic N) is 2. The van der Waals surface area contributed by atoms with Gasteiger partial charge in [0.05, 0.1) is 17.2 Å². The molecule has 1 heterocycles. The topological polar surface area (TPSA) is 118 Å². The monoisotopic (exact) mass is 382 g/mol. The minimum absolute atomic E-state index is 0.000874. The van der Waals surface area contributed by atoms with E-state index < -0.39 is 10.0 Å². The summed E-state index contributed by atoms with van der Waals surface area (Å²) in [6.45, 7) is 0.000874. The van der Waals surface area contributed by atoms with Gasteiger partial charge in [0.1, 0.15) is 0 Å². The van der Waals surface area contributed by atoms with E-state index in [2.05, 4.69) is 15.3 Å². The molecule has 0 aliphatic heterocycles. The van der Waals surface area contributed by atoms with Gasteiger partial charge in [0.25, 0.3) is 0 Å². The maximum absolute atomic E-state index is 11.3. The first-order valence-electron chi connectivity index (χ1n) is 8.06. The number of nitrogens with one attached hydrogen (secondary N) is 1. The van der Waals surface area contributed by atoms with Crippen molar-refractivity contribution in [3.8, 4) is 11.3 Å². The second-order valence-corrected chi connectivity index (χ2v) is 7.23. The number of primary sulfonamides is 1. The van der Waals surface area contributed by atoms with E-state index in [0.29, 0.717) is 11.6 Å². The van der Waals surface area contributed by atoms with E-state index in [-0.39, 0.29) is 11.5 Å². The molecule has 7 nitrogen and oxygen atoms in total. The number of rotatable bonds is 6. The lowest BCUT2D eigenvalue weighted by Gasteiger charge is -2.07. The zero-order valence-corrected chi connectivity index (χ0v) is 15.1. The van der Waals surface area contributed by atoms with E-state index in [9.17, 15) is 8.42 Å². The van der Waals surface area contributed by atoms with Crippen LogP contribution in [0.4, 0.5) is 11.6 Å². The molecule has 0 amide bonds. The highest BCUT2D eigenvalue weighted by atomic mass is 32.2. The Balaban J connectivity index is 1.78. The Labute approximate surface area is 157 Å². The molecule has 0 saturated carbocycles. The number of benzene rings is 2. The largest absolute Gasteiger partial charge is 0.392 e. The molecule has 4 N–H and O–H groups in total. The summed E-state index contributed by atoms with van der Waals surface area (Å²) in [6.07, 6.45) is 5.15. The molecule has 0 saturated heterocycles. The van der Waals surface area contributed by atoms with Crippen LogP contribution >= 0.6 is 0 Å². The Bertz CT molecular complexity index is 1050. The second kappa shape index (κ2) is 8.09. The van der Waals surface area contributed by atoms with Crippen LogP contribution in [0, 0.1) is 0 Å². The minimum atomic E-state index is -3.72. The average Bonchev–Trinajstić information content (AvgIpc) is 2.67. The molecule has 0 aliphatic carbocycles. The highest BCUT2D eigenvalue weighted by Gasteiger charge is 2.07. The zero-order chi connectivity index (χ0) is 19.3. The van der Waals surface area contributed by atoms with Gasteiger partial charge in [-0.15, -0.1) is 0 Å². The summed E-state index contributed by atoms with van der Waals surface area (Å²) in [5.74, 6) is 0.389. The van der Waals surface area contributed by atoms with Crippen LogP contribution in [0.3, 0.4) is 0 Å². The van der Waals surface area contributed by atoms with Crippen molar-refractivity contribution in [2.24, 2.45) is 5.14 Å². The van der Waals surface area contributed by atoms with Crippen molar-refractivity contribution in [3.63, 3.8) is 0 Å². The van der Waals surface area contributed by atoms with Crippen LogP contribution in [-0.4, -0.2) is 30.1 Å². The molecule has 0 bridgehead atoms. The van der Waals surface area contributed by atoms with E-state index >= 15 is 0 Å². The van der Waals surface area contributed by atoms with Gasteiger partial charge >= 0.3 is 0 Å². The number of hydrogen-bond acceptors (Lipinski definition) is 6. The van der Waals surface area contributed by atoms with Crippen molar-refractivity contribution in [1.29, 1.82) is 0 Å². The maximum atomic E-state index is 11.3. The summed E-state index contributed by atoms with van der Waals surface area (Å²) in [6, 6.07) is 15.6. The number of sulfonamides is 1. The maximum Gasteiger partial charge on any atom is 0.238 e. The lowest BCUT2D eigenvalue weighted by atomic mass is 10.1. The fraction of sp³-hybridized carbons (Fsp3) is 0.0526. The van der Waals surface area contributed by atoms with Crippen LogP contribution in [-0.2, 0) is 10.0 Å². The van der Waals surface area contributed by atoms with Crippen molar-refractivity contribution >= 4 is 27.7 Å². The molecule has 2 aromatic carbocycles. The summed E-state index contributed by atoms with van der Waals surface area (Å²) < 4.78 is 22.6. The van der Waals surface area contributed by atoms with Crippen LogP contribution < -0.4 is 10.5 Å². The molecular formula is C19H18N4O3S. The van der Waals surface area contributed by atoms with Gasteiger partial charge in [-0.05, 0) is 35.9 Å². The van der Waals surface area contributed by atoms with Gasteiger partial charge in [-0.1, -0.05) is 36.4 Å². The van der Waals surface area contributed by atoms with Gasteiger partial charge in [0, 0.05) is 17.4 Å². The standard InChI is InChI=1S/C19H18N4O3S/c20-27(25,26)17-9-7-16(8-10-17)22-19-21-12-11-18(23-19)15-5-3-14(4-6-15)2-1-13-24/h1-12,24H,13H2,(H2,20,25,26)(H,21,22,23)/b2-1+. The van der Waals surface area contributed by atoms with Gasteiger partial charge in [0.2, 0.25) is 16.0 Å². The first kappa shape index (κ1) is 18.7. The van der Waals surface area contributed by atoms with Gasteiger partial charge in [-0.2, -0.15) is 0 Å². The molecule has 138 valence electrons. The quantitative estimate of drug-likeness (QED) is 0.603. The van der Waals surface area contributed by atoms with E-state index in [1.165, 1.54) is 12.1 Å². The highest BCUT2D eigenvalue weighted by Crippen LogP contribution is 2.21. The second-order valence-electron chi connectivity index (χ2n) is 5.67. The Morgan fingerprint density at radius 1 is 1.04 bits per heavy atom. The Morgan fingerprint density at radius 3 is 2.37 bits per heavy atom. The van der Waals surface area contributed by atoms with Gasteiger partial charge in [0.15, 0.2) is 0 Å². The van der Waals surface area contributed by atoms with Crippen molar-refractivity contribution in [2.45, 2.75) is 4.90 Å². The molecule has 8 heteroatoms. The van der Waals surface area contributed by atoms with E-state index in [4.69, 9.17) is 10.2 Å². The SMILES string of the molecule is NS(=O)(=O)c1ccc(Nc2nccc(-c3ccc(/C=C/CO)cc3)n2)cc1. The molecule has 3 rings (SSSR count). The summed E-state index contributed by atoms with van der Waals surface area (Å²) >= 11 is 0. The number of nitrogens with two attached hydrogens (primary N) is 1. The molecule has 0 unspecified atom stereocenters. The molecule has 0 atom stereocenters. The van der Waals surface area contributed by atoms with Crippen LogP contribution in [0.15, 0.2) is 71.8 Å². The number of aromatic nitrogens is 2. The molecule has 0 spiro atoms. The number of aliphatic hydroxyl groups excluding tert-OH is 1. The third kappa shape index (κ3) is 4.98. The molecule has 27 heavy (non-hydrogen) atoms. The minimum Gasteiger partial charge on any atom is -0.392 e. The predicted octanol–water partition coefficient (Wildman–Crippen LogP) is 2.54. The molecular weight excluding hydrogens is 364 g/mol.